The molecule has 0 amide bonds. The summed E-state index contributed by atoms with van der Waals surface area (Å²) in [6.07, 6.45) is 2.56. The molecular weight excluding hydrogens is 126 g/mol. The molecule has 1 aromatic rings. The van der Waals surface area contributed by atoms with Crippen molar-refractivity contribution in [2.24, 2.45) is 0 Å². The van der Waals surface area contributed by atoms with E-state index in [1.807, 2.05) is 6.92 Å². The largest absolute Gasteiger partial charge is 0.159 e. The van der Waals surface area contributed by atoms with E-state index in [-0.39, 0.29) is 0 Å². The molecule has 0 N–H and O–H groups in total. The van der Waals surface area contributed by atoms with Crippen LogP contribution in [-0.4, -0.2) is 14.5 Å². The van der Waals surface area contributed by atoms with Gasteiger partial charge in [-0.3, -0.25) is 0 Å². The number of aromatic nitrogens is 3. The smallest absolute Gasteiger partial charge is 0.0840 e. The second-order valence-corrected chi connectivity index (χ2v) is 1.80. The van der Waals surface area contributed by atoms with Crippen molar-refractivity contribution in [3.05, 3.63) is 11.9 Å². The highest BCUT2D eigenvalue weighted by Gasteiger charge is 1.91. The van der Waals surface area contributed by atoms with Crippen LogP contribution in [0.15, 0.2) is 6.20 Å². The molecule has 0 saturated carbocycles. The summed E-state index contributed by atoms with van der Waals surface area (Å²) in [6.45, 7) is 2.00. The predicted octanol–water partition coefficient (Wildman–Crippen LogP) is 0.842. The van der Waals surface area contributed by atoms with E-state index in [9.17, 15) is 0 Å². The van der Waals surface area contributed by atoms with Gasteiger partial charge in [0.25, 0.3) is 0 Å². The van der Waals surface area contributed by atoms with E-state index in [0.29, 0.717) is 0 Å². The molecule has 8 heavy (non-hydrogen) atoms. The average molecular weight is 132 g/mol. The van der Waals surface area contributed by atoms with Gasteiger partial charge in [0.05, 0.1) is 11.9 Å². The summed E-state index contributed by atoms with van der Waals surface area (Å²) in [5.74, 6) is 0. The van der Waals surface area contributed by atoms with E-state index in [0.717, 1.165) is 12.1 Å². The summed E-state index contributed by atoms with van der Waals surface area (Å²) >= 11 is 5.38. The zero-order chi connectivity index (χ0) is 5.98. The third kappa shape index (κ3) is 0.980. The number of hydrogen-bond donors (Lipinski definition) is 0. The van der Waals surface area contributed by atoms with Crippen molar-refractivity contribution in [3.8, 4) is 0 Å². The highest BCUT2D eigenvalue weighted by atomic mass is 35.5. The molecule has 0 unspecified atom stereocenters. The van der Waals surface area contributed by atoms with Crippen molar-refractivity contribution in [3.63, 3.8) is 0 Å². The summed E-state index contributed by atoms with van der Waals surface area (Å²) in [4.78, 5) is 0. The Morgan fingerprint density at radius 2 is 2.62 bits per heavy atom. The van der Waals surface area contributed by atoms with Gasteiger partial charge >= 0.3 is 0 Å². The van der Waals surface area contributed by atoms with Gasteiger partial charge in [0, 0.05) is 11.8 Å². The molecule has 0 aliphatic carbocycles. The Morgan fingerprint density at radius 3 is 2.88 bits per heavy atom. The average Bonchev–Trinajstić information content (AvgIpc) is 2.14. The van der Waals surface area contributed by atoms with Gasteiger partial charge in [-0.05, 0) is 6.42 Å². The zero-order valence-corrected chi connectivity index (χ0v) is 5.26. The molecule has 1 rings (SSSR count). The van der Waals surface area contributed by atoms with Crippen molar-refractivity contribution in [1.29, 1.82) is 0 Å². The Hall–Kier alpha value is -0.570. The number of hydrogen-bond acceptors (Lipinski definition) is 2. The minimum atomic E-state index is 0.882. The third-order valence-corrected chi connectivity index (χ3v) is 1.04. The first-order chi connectivity index (χ1) is 3.83. The van der Waals surface area contributed by atoms with E-state index < -0.39 is 0 Å². The minimum absolute atomic E-state index is 0.882. The highest BCUT2D eigenvalue weighted by Crippen LogP contribution is 1.93. The topological polar surface area (TPSA) is 30.7 Å². The first-order valence-electron chi connectivity index (χ1n) is 2.40. The molecule has 0 saturated heterocycles. The van der Waals surface area contributed by atoms with Crippen LogP contribution < -0.4 is 0 Å². The summed E-state index contributed by atoms with van der Waals surface area (Å²) in [5, 5.41) is 7.23. The molecule has 44 valence electrons. The molecule has 0 radical (unpaired) electrons. The van der Waals surface area contributed by atoms with E-state index in [2.05, 4.69) is 10.3 Å². The van der Waals surface area contributed by atoms with E-state index in [4.69, 9.17) is 11.8 Å². The lowest BCUT2D eigenvalue weighted by molar-refractivity contribution is 0.864. The van der Waals surface area contributed by atoms with Gasteiger partial charge in [-0.2, -0.15) is 4.20 Å². The second kappa shape index (κ2) is 2.13. The molecule has 1 heterocycles. The second-order valence-electron chi connectivity index (χ2n) is 1.45. The van der Waals surface area contributed by atoms with E-state index in [1.165, 1.54) is 4.20 Å². The van der Waals surface area contributed by atoms with Crippen molar-refractivity contribution in [2.45, 2.75) is 13.3 Å². The Kier molecular flexibility index (Phi) is 1.48. The van der Waals surface area contributed by atoms with Crippen molar-refractivity contribution < 1.29 is 0 Å². The van der Waals surface area contributed by atoms with Crippen LogP contribution in [0.5, 0.6) is 0 Å². The fourth-order valence-electron chi connectivity index (χ4n) is 0.437. The fourth-order valence-corrected chi connectivity index (χ4v) is 0.583. The first-order valence-corrected chi connectivity index (χ1v) is 2.74. The number of rotatable bonds is 1. The van der Waals surface area contributed by atoms with Gasteiger partial charge in [-0.15, -0.1) is 5.10 Å². The first kappa shape index (κ1) is 5.56. The van der Waals surface area contributed by atoms with Gasteiger partial charge in [-0.1, -0.05) is 12.1 Å². The van der Waals surface area contributed by atoms with Crippen molar-refractivity contribution >= 4 is 11.8 Å². The van der Waals surface area contributed by atoms with Crippen LogP contribution in [0.4, 0.5) is 0 Å². The van der Waals surface area contributed by atoms with Crippen LogP contribution in [0.3, 0.4) is 0 Å². The molecule has 0 bridgehead atoms. The molecular formula is C4H6ClN3. The maximum atomic E-state index is 5.38. The van der Waals surface area contributed by atoms with Crippen molar-refractivity contribution in [1.82, 2.24) is 14.5 Å². The van der Waals surface area contributed by atoms with Crippen LogP contribution >= 0.6 is 11.8 Å². The molecule has 4 heteroatoms. The number of aryl methyl sites for hydroxylation is 1. The van der Waals surface area contributed by atoms with Crippen molar-refractivity contribution in [2.75, 3.05) is 0 Å². The molecule has 0 spiro atoms. The fraction of sp³-hybridized carbons (Fsp3) is 0.500. The van der Waals surface area contributed by atoms with Gasteiger partial charge in [0.15, 0.2) is 0 Å². The van der Waals surface area contributed by atoms with Gasteiger partial charge in [-0.25, -0.2) is 0 Å². The maximum absolute atomic E-state index is 5.38. The van der Waals surface area contributed by atoms with Crippen LogP contribution in [0.2, 0.25) is 0 Å². The molecule has 0 aliphatic rings. The Bertz CT molecular complexity index is 172. The lowest BCUT2D eigenvalue weighted by Crippen LogP contribution is -1.77. The molecule has 3 nitrogen and oxygen atoms in total. The Labute approximate surface area is 52.4 Å². The number of nitrogens with zero attached hydrogens (tertiary/aromatic N) is 3. The van der Waals surface area contributed by atoms with Gasteiger partial charge < -0.3 is 0 Å². The maximum Gasteiger partial charge on any atom is 0.0840 e. The molecule has 1 aromatic heterocycles. The van der Waals surface area contributed by atoms with Crippen LogP contribution in [0.1, 0.15) is 12.6 Å². The normalized spacial score (nSPS) is 9.75. The van der Waals surface area contributed by atoms with E-state index >= 15 is 0 Å². The molecule has 0 fully saturated rings. The lowest BCUT2D eigenvalue weighted by atomic mass is 10.4. The van der Waals surface area contributed by atoms with Crippen LogP contribution in [0.25, 0.3) is 0 Å². The lowest BCUT2D eigenvalue weighted by Gasteiger charge is -1.76. The Balaban J connectivity index is 2.84. The Morgan fingerprint density at radius 1 is 1.88 bits per heavy atom. The molecule has 0 atom stereocenters. The van der Waals surface area contributed by atoms with Crippen LogP contribution in [-0.2, 0) is 6.42 Å². The quantitative estimate of drug-likeness (QED) is 0.566. The monoisotopic (exact) mass is 131 g/mol. The highest BCUT2D eigenvalue weighted by molar-refractivity contribution is 6.14. The standard InChI is InChI=1S/C4H6ClN3/c1-2-4-3-8(5)7-6-4/h3H,2H2,1H3. The SMILES string of the molecule is CCc1cn(Cl)nn1. The zero-order valence-electron chi connectivity index (χ0n) is 4.50. The molecule has 0 aliphatic heterocycles. The summed E-state index contributed by atoms with van der Waals surface area (Å²) < 4.78 is 1.18. The third-order valence-electron chi connectivity index (χ3n) is 0.876. The number of halogens is 1. The predicted molar refractivity (Wildman–Crippen MR) is 30.7 cm³/mol. The van der Waals surface area contributed by atoms with Crippen LogP contribution in [0, 0.1) is 0 Å². The summed E-state index contributed by atoms with van der Waals surface area (Å²) in [6, 6.07) is 0. The van der Waals surface area contributed by atoms with E-state index in [1.54, 1.807) is 6.20 Å². The summed E-state index contributed by atoms with van der Waals surface area (Å²) in [5.41, 5.74) is 0.917. The van der Waals surface area contributed by atoms with Gasteiger partial charge in [0.2, 0.25) is 0 Å². The minimum Gasteiger partial charge on any atom is -0.159 e. The molecule has 0 aromatic carbocycles. The summed E-state index contributed by atoms with van der Waals surface area (Å²) in [7, 11) is 0. The van der Waals surface area contributed by atoms with Gasteiger partial charge in [0.1, 0.15) is 0 Å².